The highest BCUT2D eigenvalue weighted by Crippen LogP contribution is 2.10. The number of hydrogen-bond acceptors (Lipinski definition) is 2. The highest BCUT2D eigenvalue weighted by atomic mass is 127. The van der Waals surface area contributed by atoms with Crippen molar-refractivity contribution in [3.8, 4) is 0 Å². The Hall–Kier alpha value is -0.0600. The van der Waals surface area contributed by atoms with Gasteiger partial charge in [-0.05, 0) is 55.4 Å². The van der Waals surface area contributed by atoms with Gasteiger partial charge in [0.15, 0.2) is 0 Å². The first-order chi connectivity index (χ1) is 5.49. The van der Waals surface area contributed by atoms with Gasteiger partial charge in [0.2, 0.25) is 0 Å². The molecule has 0 saturated heterocycles. The van der Waals surface area contributed by atoms with Gasteiger partial charge in [-0.1, -0.05) is 6.92 Å². The molecule has 0 rings (SSSR count). The first-order valence-corrected chi connectivity index (χ1v) is 5.23. The van der Waals surface area contributed by atoms with Crippen LogP contribution in [0.25, 0.3) is 0 Å². The molecule has 0 fully saturated rings. The van der Waals surface area contributed by atoms with Gasteiger partial charge >= 0.3 is 0 Å². The number of nitrogens with zero attached hydrogens (tertiary/aromatic N) is 1. The van der Waals surface area contributed by atoms with E-state index < -0.39 is 0 Å². The Labute approximate surface area is 88.5 Å². The Morgan fingerprint density at radius 2 is 2.00 bits per heavy atom. The van der Waals surface area contributed by atoms with Crippen LogP contribution in [-0.2, 0) is 0 Å². The van der Waals surface area contributed by atoms with Gasteiger partial charge < -0.3 is 5.73 Å². The molecule has 1 atom stereocenters. The van der Waals surface area contributed by atoms with E-state index in [4.69, 9.17) is 5.73 Å². The second-order valence-corrected chi connectivity index (χ2v) is 4.01. The van der Waals surface area contributed by atoms with Gasteiger partial charge in [-0.2, -0.15) is 0 Å². The third-order valence-corrected chi connectivity index (χ3v) is 2.91. The molecular weight excluding hydrogens is 263 g/mol. The van der Waals surface area contributed by atoms with Crippen LogP contribution in [0.5, 0.6) is 0 Å². The maximum atomic E-state index is 5.65. The molecule has 0 bridgehead atoms. The third-order valence-electron chi connectivity index (χ3n) is 1.83. The lowest BCUT2D eigenvalue weighted by molar-refractivity contribution is 0.719. The fourth-order valence-electron chi connectivity index (χ4n) is 0.544. The van der Waals surface area contributed by atoms with Gasteiger partial charge in [0.25, 0.3) is 0 Å². The molecule has 2 N–H and O–H groups in total. The van der Waals surface area contributed by atoms with E-state index in [1.54, 1.807) is 0 Å². The van der Waals surface area contributed by atoms with Crippen LogP contribution in [0.4, 0.5) is 0 Å². The van der Waals surface area contributed by atoms with Crippen molar-refractivity contribution in [1.29, 1.82) is 0 Å². The molecule has 0 amide bonds. The van der Waals surface area contributed by atoms with Crippen molar-refractivity contribution in [3.63, 3.8) is 0 Å². The van der Waals surface area contributed by atoms with Gasteiger partial charge in [-0.15, -0.1) is 0 Å². The Balaban J connectivity index is 4.49. The fraction of sp³-hybridized carbons (Fsp3) is 0.667. The van der Waals surface area contributed by atoms with Crippen LogP contribution in [0.2, 0.25) is 0 Å². The first kappa shape index (κ1) is 11.9. The largest absolute Gasteiger partial charge is 0.402 e. The molecule has 0 radical (unpaired) electrons. The molecule has 0 aliphatic heterocycles. The molecule has 2 nitrogen and oxygen atoms in total. The lowest BCUT2D eigenvalue weighted by Crippen LogP contribution is -2.04. The van der Waals surface area contributed by atoms with E-state index in [0.29, 0.717) is 6.04 Å². The summed E-state index contributed by atoms with van der Waals surface area (Å²) < 4.78 is 1.03. The van der Waals surface area contributed by atoms with E-state index in [0.717, 1.165) is 21.4 Å². The van der Waals surface area contributed by atoms with Crippen molar-refractivity contribution in [2.45, 2.75) is 40.2 Å². The van der Waals surface area contributed by atoms with Crippen LogP contribution in [0.3, 0.4) is 0 Å². The van der Waals surface area contributed by atoms with Gasteiger partial charge in [0.1, 0.15) is 3.72 Å². The van der Waals surface area contributed by atoms with Gasteiger partial charge in [-0.3, -0.25) is 4.99 Å². The van der Waals surface area contributed by atoms with E-state index in [-0.39, 0.29) is 0 Å². The monoisotopic (exact) mass is 280 g/mol. The number of allylic oxidation sites excluding steroid dienone is 2. The minimum atomic E-state index is 0.395. The standard InChI is InChI=1S/C9H17IN2/c1-5-6(2)12-9(10)7(3)8(4)11/h6H,5,11H2,1-4H3/b8-7-,12-9?. The van der Waals surface area contributed by atoms with Crippen LogP contribution < -0.4 is 5.73 Å². The number of halogens is 1. The van der Waals surface area contributed by atoms with Crippen molar-refractivity contribution in [2.75, 3.05) is 0 Å². The molecule has 3 heteroatoms. The van der Waals surface area contributed by atoms with E-state index in [1.165, 1.54) is 0 Å². The fourth-order valence-corrected chi connectivity index (χ4v) is 1.45. The zero-order valence-electron chi connectivity index (χ0n) is 8.19. The van der Waals surface area contributed by atoms with Crippen LogP contribution in [-0.4, -0.2) is 9.76 Å². The Morgan fingerprint density at radius 1 is 1.50 bits per heavy atom. The summed E-state index contributed by atoms with van der Waals surface area (Å²) in [7, 11) is 0. The van der Waals surface area contributed by atoms with Crippen molar-refractivity contribution < 1.29 is 0 Å². The maximum Gasteiger partial charge on any atom is 0.100 e. The zero-order valence-corrected chi connectivity index (χ0v) is 10.3. The molecule has 12 heavy (non-hydrogen) atoms. The third kappa shape index (κ3) is 4.09. The molecule has 1 unspecified atom stereocenters. The van der Waals surface area contributed by atoms with Crippen LogP contribution in [0.15, 0.2) is 16.3 Å². The van der Waals surface area contributed by atoms with Crippen molar-refractivity contribution >= 4 is 26.3 Å². The number of nitrogens with two attached hydrogens (primary N) is 1. The Kier molecular flexibility index (Phi) is 5.53. The highest BCUT2D eigenvalue weighted by Gasteiger charge is 2.01. The Morgan fingerprint density at radius 3 is 2.33 bits per heavy atom. The van der Waals surface area contributed by atoms with Crippen LogP contribution in [0, 0.1) is 0 Å². The first-order valence-electron chi connectivity index (χ1n) is 4.15. The highest BCUT2D eigenvalue weighted by molar-refractivity contribution is 14.1. The molecule has 0 aliphatic rings. The van der Waals surface area contributed by atoms with Crippen molar-refractivity contribution in [2.24, 2.45) is 10.7 Å². The minimum absolute atomic E-state index is 0.395. The molecule has 0 aromatic rings. The molecule has 0 aliphatic carbocycles. The van der Waals surface area contributed by atoms with Gasteiger partial charge in [-0.25, -0.2) is 0 Å². The van der Waals surface area contributed by atoms with E-state index in [2.05, 4.69) is 41.4 Å². The van der Waals surface area contributed by atoms with E-state index in [9.17, 15) is 0 Å². The predicted molar refractivity (Wildman–Crippen MR) is 63.8 cm³/mol. The van der Waals surface area contributed by atoms with Crippen molar-refractivity contribution in [1.82, 2.24) is 0 Å². The topological polar surface area (TPSA) is 38.4 Å². The van der Waals surface area contributed by atoms with Crippen LogP contribution >= 0.6 is 22.6 Å². The maximum absolute atomic E-state index is 5.65. The second-order valence-electron chi connectivity index (χ2n) is 2.99. The summed E-state index contributed by atoms with van der Waals surface area (Å²) in [6.45, 7) is 8.15. The summed E-state index contributed by atoms with van der Waals surface area (Å²) in [4.78, 5) is 4.48. The normalized spacial score (nSPS) is 17.2. The predicted octanol–water partition coefficient (Wildman–Crippen LogP) is 2.87. The zero-order chi connectivity index (χ0) is 9.72. The second kappa shape index (κ2) is 5.56. The lowest BCUT2D eigenvalue weighted by Gasteiger charge is -2.05. The van der Waals surface area contributed by atoms with Crippen molar-refractivity contribution in [3.05, 3.63) is 11.3 Å². The molecular formula is C9H17IN2. The average molecular weight is 280 g/mol. The summed E-state index contributed by atoms with van der Waals surface area (Å²) in [5.41, 5.74) is 7.59. The molecule has 0 spiro atoms. The SMILES string of the molecule is CCC(C)N=C(I)/C(C)=C(/C)N. The van der Waals surface area contributed by atoms with E-state index >= 15 is 0 Å². The summed E-state index contributed by atoms with van der Waals surface area (Å²) >= 11 is 2.23. The number of rotatable bonds is 3. The van der Waals surface area contributed by atoms with Gasteiger partial charge in [0.05, 0.1) is 0 Å². The number of hydrogen-bond donors (Lipinski definition) is 1. The minimum Gasteiger partial charge on any atom is -0.402 e. The smallest absolute Gasteiger partial charge is 0.100 e. The summed E-state index contributed by atoms with van der Waals surface area (Å²) in [6.07, 6.45) is 1.07. The van der Waals surface area contributed by atoms with Gasteiger partial charge in [0, 0.05) is 11.7 Å². The summed E-state index contributed by atoms with van der Waals surface area (Å²) in [6, 6.07) is 0.395. The molecule has 0 aromatic heterocycles. The molecule has 70 valence electrons. The lowest BCUT2D eigenvalue weighted by atomic mass is 10.2. The average Bonchev–Trinajstić information content (AvgIpc) is 2.02. The summed E-state index contributed by atoms with van der Waals surface area (Å²) in [5, 5.41) is 0. The molecule has 0 aromatic carbocycles. The Bertz CT molecular complexity index is 203. The molecule has 0 saturated carbocycles. The number of aliphatic imine (C=N–C) groups is 1. The molecule has 0 heterocycles. The summed E-state index contributed by atoms with van der Waals surface area (Å²) in [5.74, 6) is 0. The van der Waals surface area contributed by atoms with Crippen LogP contribution in [0.1, 0.15) is 34.1 Å². The quantitative estimate of drug-likeness (QED) is 0.626. The van der Waals surface area contributed by atoms with E-state index in [1.807, 2.05) is 13.8 Å².